The van der Waals surface area contributed by atoms with Gasteiger partial charge in [0.2, 0.25) is 0 Å². The molecular weight excluding hydrogens is 326 g/mol. The smallest absolute Gasteiger partial charge is 0.177 e. The van der Waals surface area contributed by atoms with Gasteiger partial charge in [0, 0.05) is 10.1 Å². The quantitative estimate of drug-likeness (QED) is 0.671. The van der Waals surface area contributed by atoms with Crippen molar-refractivity contribution >= 4 is 44.7 Å². The Bertz CT molecular complexity index is 685. The molecule has 5 nitrogen and oxygen atoms in total. The second kappa shape index (κ2) is 5.66. The Labute approximate surface area is 132 Å². The summed E-state index contributed by atoms with van der Waals surface area (Å²) in [6, 6.07) is 7.75. The SMILES string of the molecule is CSc1ccc(/C=N\N2C(=N)S[C@@H]3CS(=O)(=O)C[C@H]32)cc1. The fourth-order valence-corrected chi connectivity index (χ4v) is 6.57. The molecule has 2 fully saturated rings. The van der Waals surface area contributed by atoms with Crippen LogP contribution in [-0.4, -0.2) is 53.9 Å². The molecule has 1 aromatic carbocycles. The van der Waals surface area contributed by atoms with E-state index in [1.54, 1.807) is 23.0 Å². The molecule has 2 aliphatic rings. The van der Waals surface area contributed by atoms with Gasteiger partial charge in [0.15, 0.2) is 15.0 Å². The third-order valence-corrected chi connectivity index (χ3v) is 7.37. The van der Waals surface area contributed by atoms with Crippen molar-refractivity contribution in [3.05, 3.63) is 29.8 Å². The first kappa shape index (κ1) is 14.9. The van der Waals surface area contributed by atoms with Crippen molar-refractivity contribution in [3.8, 4) is 0 Å². The number of amidine groups is 1. The number of nitrogens with zero attached hydrogens (tertiary/aromatic N) is 2. The largest absolute Gasteiger partial charge is 0.277 e. The zero-order valence-electron chi connectivity index (χ0n) is 11.4. The van der Waals surface area contributed by atoms with Gasteiger partial charge in [-0.25, -0.2) is 13.4 Å². The lowest BCUT2D eigenvalue weighted by atomic mass is 10.2. The highest BCUT2D eigenvalue weighted by Crippen LogP contribution is 2.37. The zero-order valence-corrected chi connectivity index (χ0v) is 13.8. The standard InChI is InChI=1S/C13H15N3O2S3/c1-19-10-4-2-9(3-5-10)6-15-16-11-7-21(17,18)8-12(11)20-13(16)14/h2-6,11-12,14H,7-8H2,1H3/b14-13?,15-6-/t11-,12-/m1/s1. The number of benzene rings is 1. The molecule has 0 saturated carbocycles. The molecule has 2 heterocycles. The van der Waals surface area contributed by atoms with Gasteiger partial charge in [0.05, 0.1) is 23.8 Å². The molecule has 0 amide bonds. The van der Waals surface area contributed by atoms with Gasteiger partial charge in [-0.05, 0) is 24.0 Å². The van der Waals surface area contributed by atoms with Gasteiger partial charge in [-0.2, -0.15) is 5.10 Å². The lowest BCUT2D eigenvalue weighted by molar-refractivity contribution is 0.376. The predicted octanol–water partition coefficient (Wildman–Crippen LogP) is 1.89. The lowest BCUT2D eigenvalue weighted by Gasteiger charge is -2.17. The fourth-order valence-electron chi connectivity index (χ4n) is 2.44. The molecule has 0 spiro atoms. The minimum Gasteiger partial charge on any atom is -0.277 e. The third kappa shape index (κ3) is 3.12. The van der Waals surface area contributed by atoms with E-state index >= 15 is 0 Å². The Morgan fingerprint density at radius 2 is 2.10 bits per heavy atom. The van der Waals surface area contributed by atoms with Crippen molar-refractivity contribution in [2.75, 3.05) is 17.8 Å². The number of hydrazone groups is 1. The minimum absolute atomic E-state index is 0.0569. The second-order valence-electron chi connectivity index (χ2n) is 4.97. The average Bonchev–Trinajstić information content (AvgIpc) is 2.88. The molecule has 3 rings (SSSR count). The molecule has 2 saturated heterocycles. The summed E-state index contributed by atoms with van der Waals surface area (Å²) in [4.78, 5) is 1.18. The van der Waals surface area contributed by atoms with Gasteiger partial charge in [0.25, 0.3) is 0 Å². The molecule has 112 valence electrons. The maximum atomic E-state index is 11.7. The van der Waals surface area contributed by atoms with Crippen LogP contribution in [0.2, 0.25) is 0 Å². The van der Waals surface area contributed by atoms with Gasteiger partial charge >= 0.3 is 0 Å². The van der Waals surface area contributed by atoms with E-state index < -0.39 is 9.84 Å². The number of hydrogen-bond acceptors (Lipinski definition) is 6. The predicted molar refractivity (Wildman–Crippen MR) is 89.2 cm³/mol. The van der Waals surface area contributed by atoms with E-state index in [2.05, 4.69) is 5.10 Å². The van der Waals surface area contributed by atoms with Crippen LogP contribution < -0.4 is 0 Å². The van der Waals surface area contributed by atoms with E-state index in [-0.39, 0.29) is 22.8 Å². The summed E-state index contributed by atoms with van der Waals surface area (Å²) in [5.74, 6) is 0.245. The van der Waals surface area contributed by atoms with Crippen molar-refractivity contribution < 1.29 is 8.42 Å². The minimum atomic E-state index is -2.99. The van der Waals surface area contributed by atoms with Gasteiger partial charge < -0.3 is 0 Å². The summed E-state index contributed by atoms with van der Waals surface area (Å²) in [7, 11) is -2.99. The third-order valence-electron chi connectivity index (χ3n) is 3.50. The van der Waals surface area contributed by atoms with Crippen molar-refractivity contribution in [2.45, 2.75) is 16.2 Å². The first-order valence-electron chi connectivity index (χ1n) is 6.41. The molecular formula is C13H15N3O2S3. The Morgan fingerprint density at radius 3 is 2.76 bits per heavy atom. The fraction of sp³-hybridized carbons (Fsp3) is 0.385. The van der Waals surface area contributed by atoms with Crippen LogP contribution >= 0.6 is 23.5 Å². The first-order chi connectivity index (χ1) is 9.98. The lowest BCUT2D eigenvalue weighted by Crippen LogP contribution is -2.32. The van der Waals surface area contributed by atoms with Crippen LogP contribution in [0.15, 0.2) is 34.3 Å². The van der Waals surface area contributed by atoms with Crippen molar-refractivity contribution in [1.82, 2.24) is 5.01 Å². The van der Waals surface area contributed by atoms with E-state index in [9.17, 15) is 8.42 Å². The van der Waals surface area contributed by atoms with Crippen LogP contribution in [0.4, 0.5) is 0 Å². The van der Waals surface area contributed by atoms with Gasteiger partial charge in [0.1, 0.15) is 0 Å². The highest BCUT2D eigenvalue weighted by Gasteiger charge is 2.48. The number of thioether (sulfide) groups is 2. The maximum Gasteiger partial charge on any atom is 0.177 e. The Morgan fingerprint density at radius 1 is 1.38 bits per heavy atom. The maximum absolute atomic E-state index is 11.7. The molecule has 0 aromatic heterocycles. The number of rotatable bonds is 3. The van der Waals surface area contributed by atoms with E-state index in [0.29, 0.717) is 5.17 Å². The van der Waals surface area contributed by atoms with Crippen molar-refractivity contribution in [2.24, 2.45) is 5.10 Å². The summed E-state index contributed by atoms with van der Waals surface area (Å²) >= 11 is 2.98. The number of fused-ring (bicyclic) bond motifs is 1. The highest BCUT2D eigenvalue weighted by atomic mass is 32.2. The molecule has 1 N–H and O–H groups in total. The summed E-state index contributed by atoms with van der Waals surface area (Å²) in [5.41, 5.74) is 0.940. The molecule has 21 heavy (non-hydrogen) atoms. The van der Waals surface area contributed by atoms with Gasteiger partial charge in [-0.1, -0.05) is 23.9 Å². The van der Waals surface area contributed by atoms with E-state index in [4.69, 9.17) is 5.41 Å². The number of hydrogen-bond donors (Lipinski definition) is 1. The van der Waals surface area contributed by atoms with Crippen LogP contribution in [0, 0.1) is 5.41 Å². The molecule has 0 radical (unpaired) electrons. The summed E-state index contributed by atoms with van der Waals surface area (Å²) in [6.07, 6.45) is 3.71. The van der Waals surface area contributed by atoms with Crippen LogP contribution in [0.5, 0.6) is 0 Å². The van der Waals surface area contributed by atoms with Gasteiger partial charge in [-0.3, -0.25) is 5.41 Å². The molecule has 0 bridgehead atoms. The Hall–Kier alpha value is -0.990. The number of nitrogens with one attached hydrogen (secondary N) is 1. The van der Waals surface area contributed by atoms with E-state index in [0.717, 1.165) is 5.56 Å². The van der Waals surface area contributed by atoms with Crippen molar-refractivity contribution in [3.63, 3.8) is 0 Å². The van der Waals surface area contributed by atoms with Crippen LogP contribution in [0.3, 0.4) is 0 Å². The first-order valence-corrected chi connectivity index (χ1v) is 10.3. The summed E-state index contributed by atoms with van der Waals surface area (Å²) < 4.78 is 23.4. The summed E-state index contributed by atoms with van der Waals surface area (Å²) in [5, 5.41) is 14.1. The van der Waals surface area contributed by atoms with Crippen LogP contribution in [-0.2, 0) is 9.84 Å². The summed E-state index contributed by atoms with van der Waals surface area (Å²) in [6.45, 7) is 0. The molecule has 1 aromatic rings. The second-order valence-corrected chi connectivity index (χ2v) is 9.23. The molecule has 0 unspecified atom stereocenters. The molecule has 2 atom stereocenters. The van der Waals surface area contributed by atoms with Crippen molar-refractivity contribution in [1.29, 1.82) is 5.41 Å². The normalized spacial score (nSPS) is 27.5. The van der Waals surface area contributed by atoms with Crippen LogP contribution in [0.1, 0.15) is 5.56 Å². The van der Waals surface area contributed by atoms with E-state index in [1.807, 2.05) is 30.5 Å². The topological polar surface area (TPSA) is 73.6 Å². The zero-order chi connectivity index (χ0) is 15.0. The van der Waals surface area contributed by atoms with Gasteiger partial charge in [-0.15, -0.1) is 11.8 Å². The number of sulfone groups is 1. The Balaban J connectivity index is 1.76. The Kier molecular flexibility index (Phi) is 4.02. The molecule has 8 heteroatoms. The molecule has 2 aliphatic heterocycles. The van der Waals surface area contributed by atoms with Crippen LogP contribution in [0.25, 0.3) is 0 Å². The van der Waals surface area contributed by atoms with E-state index in [1.165, 1.54) is 16.7 Å². The average molecular weight is 341 g/mol. The molecule has 0 aliphatic carbocycles. The monoisotopic (exact) mass is 341 g/mol. The highest BCUT2D eigenvalue weighted by molar-refractivity contribution is 8.15.